The highest BCUT2D eigenvalue weighted by molar-refractivity contribution is 6.39. The number of anilines is 1. The number of halogens is 2. The predicted molar refractivity (Wildman–Crippen MR) is 72.1 cm³/mol. The predicted octanol–water partition coefficient (Wildman–Crippen LogP) is 2.05. The van der Waals surface area contributed by atoms with Crippen molar-refractivity contribution < 1.29 is 9.90 Å². The van der Waals surface area contributed by atoms with Crippen LogP contribution in [0.15, 0.2) is 18.2 Å². The fourth-order valence-electron chi connectivity index (χ4n) is 1.61. The highest BCUT2D eigenvalue weighted by atomic mass is 35.5. The van der Waals surface area contributed by atoms with Crippen molar-refractivity contribution in [1.82, 2.24) is 5.32 Å². The molecule has 18 heavy (non-hydrogen) atoms. The Morgan fingerprint density at radius 2 is 1.94 bits per heavy atom. The van der Waals surface area contributed by atoms with Gasteiger partial charge >= 0.3 is 0 Å². The molecular formula is C12H14Cl2N2O2. The van der Waals surface area contributed by atoms with Gasteiger partial charge in [0.25, 0.3) is 0 Å². The molecule has 1 saturated carbocycles. The van der Waals surface area contributed by atoms with E-state index in [4.69, 9.17) is 28.3 Å². The van der Waals surface area contributed by atoms with Gasteiger partial charge in [0, 0.05) is 5.54 Å². The first-order valence-corrected chi connectivity index (χ1v) is 6.42. The summed E-state index contributed by atoms with van der Waals surface area (Å²) in [5.41, 5.74) is 0.156. The number of para-hydroxylation sites is 1. The van der Waals surface area contributed by atoms with Crippen molar-refractivity contribution in [3.05, 3.63) is 28.2 Å². The molecule has 0 spiro atoms. The maximum absolute atomic E-state index is 11.7. The van der Waals surface area contributed by atoms with E-state index in [0.717, 1.165) is 12.8 Å². The van der Waals surface area contributed by atoms with Gasteiger partial charge in [-0.15, -0.1) is 0 Å². The van der Waals surface area contributed by atoms with Crippen LogP contribution < -0.4 is 10.6 Å². The van der Waals surface area contributed by atoms with Crippen LogP contribution in [0.4, 0.5) is 5.69 Å². The number of nitrogens with one attached hydrogen (secondary N) is 2. The number of benzene rings is 1. The van der Waals surface area contributed by atoms with E-state index in [9.17, 15) is 4.79 Å². The van der Waals surface area contributed by atoms with Gasteiger partial charge in [0.2, 0.25) is 5.91 Å². The van der Waals surface area contributed by atoms with Crippen molar-refractivity contribution in [1.29, 1.82) is 0 Å². The number of rotatable bonds is 5. The van der Waals surface area contributed by atoms with Gasteiger partial charge in [-0.3, -0.25) is 4.79 Å². The summed E-state index contributed by atoms with van der Waals surface area (Å²) in [5.74, 6) is -0.232. The van der Waals surface area contributed by atoms with Crippen LogP contribution in [0.25, 0.3) is 0 Å². The van der Waals surface area contributed by atoms with Gasteiger partial charge in [-0.25, -0.2) is 0 Å². The summed E-state index contributed by atoms with van der Waals surface area (Å²) in [5, 5.41) is 15.6. The molecule has 2 rings (SSSR count). The van der Waals surface area contributed by atoms with Crippen molar-refractivity contribution in [3.8, 4) is 0 Å². The number of carbonyl (C=O) groups excluding carboxylic acids is 1. The van der Waals surface area contributed by atoms with E-state index in [-0.39, 0.29) is 24.6 Å². The zero-order chi connectivity index (χ0) is 13.2. The number of amides is 1. The number of aliphatic hydroxyl groups excluding tert-OH is 1. The first-order valence-electron chi connectivity index (χ1n) is 5.66. The Bertz CT molecular complexity index is 441. The molecule has 0 aliphatic heterocycles. The molecule has 0 radical (unpaired) electrons. The topological polar surface area (TPSA) is 61.4 Å². The monoisotopic (exact) mass is 288 g/mol. The lowest BCUT2D eigenvalue weighted by Gasteiger charge is -2.14. The minimum Gasteiger partial charge on any atom is -0.394 e. The number of carbonyl (C=O) groups is 1. The Hall–Kier alpha value is -0.810. The van der Waals surface area contributed by atoms with Gasteiger partial charge in [0.1, 0.15) is 0 Å². The average molecular weight is 289 g/mol. The molecule has 0 bridgehead atoms. The lowest BCUT2D eigenvalue weighted by Crippen LogP contribution is -2.40. The van der Waals surface area contributed by atoms with E-state index in [0.29, 0.717) is 15.7 Å². The molecule has 1 amide bonds. The van der Waals surface area contributed by atoms with E-state index in [2.05, 4.69) is 10.6 Å². The molecule has 0 unspecified atom stereocenters. The van der Waals surface area contributed by atoms with Crippen molar-refractivity contribution >= 4 is 34.8 Å². The minimum atomic E-state index is -0.262. The van der Waals surface area contributed by atoms with E-state index in [1.807, 2.05) is 0 Å². The summed E-state index contributed by atoms with van der Waals surface area (Å²) in [6.07, 6.45) is 1.78. The molecular weight excluding hydrogens is 275 g/mol. The Morgan fingerprint density at radius 3 is 2.44 bits per heavy atom. The summed E-state index contributed by atoms with van der Waals surface area (Å²) in [6, 6.07) is 5.03. The Morgan fingerprint density at radius 1 is 1.33 bits per heavy atom. The summed E-state index contributed by atoms with van der Waals surface area (Å²) in [6.45, 7) is 0.176. The highest BCUT2D eigenvalue weighted by Gasteiger charge is 2.41. The van der Waals surface area contributed by atoms with Crippen LogP contribution in [0.3, 0.4) is 0 Å². The third-order valence-electron chi connectivity index (χ3n) is 3.01. The van der Waals surface area contributed by atoms with Crippen molar-refractivity contribution in [2.45, 2.75) is 18.4 Å². The number of hydrogen-bond acceptors (Lipinski definition) is 3. The molecule has 98 valence electrons. The molecule has 6 heteroatoms. The van der Waals surface area contributed by atoms with Gasteiger partial charge in [0.15, 0.2) is 0 Å². The summed E-state index contributed by atoms with van der Waals surface area (Å²) < 4.78 is 0. The molecule has 1 aromatic rings. The van der Waals surface area contributed by atoms with Gasteiger partial charge in [-0.2, -0.15) is 0 Å². The smallest absolute Gasteiger partial charge is 0.238 e. The Balaban J connectivity index is 1.91. The molecule has 1 fully saturated rings. The quantitative estimate of drug-likeness (QED) is 0.777. The number of hydrogen-bond donors (Lipinski definition) is 3. The lowest BCUT2D eigenvalue weighted by atomic mass is 10.3. The van der Waals surface area contributed by atoms with Gasteiger partial charge in [-0.05, 0) is 25.0 Å². The maximum Gasteiger partial charge on any atom is 0.238 e. The van der Waals surface area contributed by atoms with E-state index in [1.54, 1.807) is 18.2 Å². The molecule has 0 atom stereocenters. The van der Waals surface area contributed by atoms with Gasteiger partial charge in [-0.1, -0.05) is 29.3 Å². The molecule has 0 heterocycles. The third-order valence-corrected chi connectivity index (χ3v) is 3.64. The van der Waals surface area contributed by atoms with Gasteiger partial charge < -0.3 is 15.7 Å². The van der Waals surface area contributed by atoms with Crippen LogP contribution in [0.1, 0.15) is 12.8 Å². The molecule has 1 aliphatic carbocycles. The third kappa shape index (κ3) is 3.14. The first kappa shape index (κ1) is 13.6. The normalized spacial score (nSPS) is 16.4. The molecule has 0 saturated heterocycles. The molecule has 3 N–H and O–H groups in total. The first-order chi connectivity index (χ1) is 8.56. The largest absolute Gasteiger partial charge is 0.394 e. The summed E-state index contributed by atoms with van der Waals surface area (Å²) in [4.78, 5) is 11.7. The SMILES string of the molecule is O=C(CNC1(CO)CC1)Nc1c(Cl)cccc1Cl. The zero-order valence-corrected chi connectivity index (χ0v) is 11.2. The van der Waals surface area contributed by atoms with E-state index in [1.165, 1.54) is 0 Å². The van der Waals surface area contributed by atoms with Crippen LogP contribution in [0.5, 0.6) is 0 Å². The van der Waals surface area contributed by atoms with Crippen LogP contribution in [0.2, 0.25) is 10.0 Å². The maximum atomic E-state index is 11.7. The van der Waals surface area contributed by atoms with Crippen molar-refractivity contribution in [2.24, 2.45) is 0 Å². The van der Waals surface area contributed by atoms with Crippen LogP contribution in [0, 0.1) is 0 Å². The second kappa shape index (κ2) is 5.45. The zero-order valence-electron chi connectivity index (χ0n) is 9.67. The summed E-state index contributed by atoms with van der Waals surface area (Å²) >= 11 is 11.9. The van der Waals surface area contributed by atoms with Crippen LogP contribution in [-0.2, 0) is 4.79 Å². The van der Waals surface area contributed by atoms with Crippen LogP contribution >= 0.6 is 23.2 Å². The Kier molecular flexibility index (Phi) is 4.12. The average Bonchev–Trinajstić information content (AvgIpc) is 3.12. The fourth-order valence-corrected chi connectivity index (χ4v) is 2.10. The molecule has 0 aromatic heterocycles. The van der Waals surface area contributed by atoms with Crippen molar-refractivity contribution in [3.63, 3.8) is 0 Å². The second-order valence-corrected chi connectivity index (χ2v) is 5.25. The fraction of sp³-hybridized carbons (Fsp3) is 0.417. The van der Waals surface area contributed by atoms with Crippen molar-refractivity contribution in [2.75, 3.05) is 18.5 Å². The van der Waals surface area contributed by atoms with Crippen LogP contribution in [-0.4, -0.2) is 29.7 Å². The second-order valence-electron chi connectivity index (χ2n) is 4.44. The van der Waals surface area contributed by atoms with E-state index < -0.39 is 0 Å². The number of aliphatic hydroxyl groups is 1. The molecule has 1 aromatic carbocycles. The van der Waals surface area contributed by atoms with Gasteiger partial charge in [0.05, 0.1) is 28.9 Å². The van der Waals surface area contributed by atoms with E-state index >= 15 is 0 Å². The summed E-state index contributed by atoms with van der Waals surface area (Å²) in [7, 11) is 0. The minimum absolute atomic E-state index is 0.0487. The lowest BCUT2D eigenvalue weighted by molar-refractivity contribution is -0.115. The molecule has 1 aliphatic rings. The Labute approximate surface area is 115 Å². The molecule has 4 nitrogen and oxygen atoms in total. The highest BCUT2D eigenvalue weighted by Crippen LogP contribution is 2.34. The standard InChI is InChI=1S/C12H14Cl2N2O2/c13-8-2-1-3-9(14)11(8)16-10(18)6-15-12(7-17)4-5-12/h1-3,15,17H,4-7H2,(H,16,18).